The van der Waals surface area contributed by atoms with Crippen LogP contribution in [0.2, 0.25) is 0 Å². The summed E-state index contributed by atoms with van der Waals surface area (Å²) in [7, 11) is 0. The number of hydrogen-bond donors (Lipinski definition) is 0. The monoisotopic (exact) mass is 380 g/mol. The molecule has 0 aromatic rings. The van der Waals surface area contributed by atoms with E-state index in [1.807, 2.05) is 122 Å². The third-order valence-electron chi connectivity index (χ3n) is 3.57. The van der Waals surface area contributed by atoms with Crippen LogP contribution in [-0.2, 0) is 0 Å². The molecule has 0 aromatic carbocycles. The Morgan fingerprint density at radius 3 is 0.586 bits per heavy atom. The van der Waals surface area contributed by atoms with E-state index in [1.54, 1.807) is 0 Å². The van der Waals surface area contributed by atoms with Gasteiger partial charge >= 0.3 is 0 Å². The van der Waals surface area contributed by atoms with Gasteiger partial charge in [0.1, 0.15) is 0 Å². The minimum Gasteiger partial charge on any atom is -0.0845 e. The fraction of sp³-hybridized carbons (Fsp3) is 0.103. The van der Waals surface area contributed by atoms with Crippen molar-refractivity contribution in [3.05, 3.63) is 158 Å². The van der Waals surface area contributed by atoms with Gasteiger partial charge in [-0.05, 0) is 19.3 Å². The summed E-state index contributed by atoms with van der Waals surface area (Å²) in [5, 5.41) is 0. The van der Waals surface area contributed by atoms with Gasteiger partial charge in [-0.25, -0.2) is 0 Å². The van der Waals surface area contributed by atoms with Crippen molar-refractivity contribution in [3.8, 4) is 0 Å². The molecule has 0 bridgehead atoms. The first-order valence-corrected chi connectivity index (χ1v) is 10.1. The zero-order valence-electron chi connectivity index (χ0n) is 17.1. The van der Waals surface area contributed by atoms with Gasteiger partial charge in [0.05, 0.1) is 0 Å². The summed E-state index contributed by atoms with van der Waals surface area (Å²) >= 11 is 0. The largest absolute Gasteiger partial charge is 0.0845 e. The third-order valence-corrected chi connectivity index (χ3v) is 3.57. The molecule has 0 fully saturated rings. The van der Waals surface area contributed by atoms with Gasteiger partial charge in [-0.1, -0.05) is 158 Å². The molecule has 0 spiro atoms. The predicted molar refractivity (Wildman–Crippen MR) is 133 cm³/mol. The molecule has 148 valence electrons. The highest BCUT2D eigenvalue weighted by molar-refractivity contribution is 5.23. The summed E-state index contributed by atoms with van der Waals surface area (Å²) in [5.74, 6) is 0. The van der Waals surface area contributed by atoms with Gasteiger partial charge in [0, 0.05) is 0 Å². The summed E-state index contributed by atoms with van der Waals surface area (Å²) < 4.78 is 0. The van der Waals surface area contributed by atoms with Gasteiger partial charge in [0.15, 0.2) is 0 Å². The molecule has 0 unspecified atom stereocenters. The zero-order chi connectivity index (χ0) is 20.5. The first-order chi connectivity index (χ1) is 14.5. The van der Waals surface area contributed by atoms with Crippen LogP contribution in [0.1, 0.15) is 19.3 Å². The molecule has 29 heavy (non-hydrogen) atoms. The third kappa shape index (κ3) is 19.2. The maximum atomic E-state index is 2.21. The summed E-state index contributed by atoms with van der Waals surface area (Å²) in [4.78, 5) is 0. The van der Waals surface area contributed by atoms with Crippen LogP contribution >= 0.6 is 0 Å². The van der Waals surface area contributed by atoms with Crippen LogP contribution in [0.15, 0.2) is 158 Å². The van der Waals surface area contributed by atoms with Crippen LogP contribution in [0.3, 0.4) is 0 Å². The van der Waals surface area contributed by atoms with E-state index in [9.17, 15) is 0 Å². The molecule has 0 saturated carbocycles. The highest BCUT2D eigenvalue weighted by atomic mass is 13.8. The Bertz CT molecular complexity index is 710. The van der Waals surface area contributed by atoms with Crippen molar-refractivity contribution in [2.45, 2.75) is 19.3 Å². The van der Waals surface area contributed by atoms with Gasteiger partial charge in [-0.15, -0.1) is 0 Å². The fourth-order valence-electron chi connectivity index (χ4n) is 2.11. The number of allylic oxidation sites excluding steroid dienone is 26. The highest BCUT2D eigenvalue weighted by Gasteiger charge is 1.78. The lowest BCUT2D eigenvalue weighted by Gasteiger charge is -1.88. The van der Waals surface area contributed by atoms with Crippen LogP contribution in [0.4, 0.5) is 0 Å². The molecule has 0 N–H and O–H groups in total. The molecular formula is C29H32. The van der Waals surface area contributed by atoms with Crippen molar-refractivity contribution in [2.24, 2.45) is 0 Å². The van der Waals surface area contributed by atoms with E-state index in [0.717, 1.165) is 12.8 Å². The van der Waals surface area contributed by atoms with Crippen molar-refractivity contribution in [1.29, 1.82) is 0 Å². The average Bonchev–Trinajstić information content (AvgIpc) is 2.73. The molecule has 0 saturated heterocycles. The minimum atomic E-state index is 1.10. The Labute approximate surface area is 177 Å². The Morgan fingerprint density at radius 1 is 0.207 bits per heavy atom. The van der Waals surface area contributed by atoms with Gasteiger partial charge in [0.2, 0.25) is 0 Å². The quantitative estimate of drug-likeness (QED) is 0.396. The minimum absolute atomic E-state index is 1.10. The topological polar surface area (TPSA) is 0 Å². The molecule has 0 radical (unpaired) electrons. The Morgan fingerprint density at radius 2 is 0.379 bits per heavy atom. The van der Waals surface area contributed by atoms with Crippen molar-refractivity contribution >= 4 is 0 Å². The Hall–Kier alpha value is -3.38. The molecule has 0 heteroatoms. The Balaban J connectivity index is 2.59. The van der Waals surface area contributed by atoms with Crippen molar-refractivity contribution in [3.63, 3.8) is 0 Å². The van der Waals surface area contributed by atoms with Crippen LogP contribution < -0.4 is 0 Å². The predicted octanol–water partition coefficient (Wildman–Crippen LogP) is 8.40. The van der Waals surface area contributed by atoms with Crippen LogP contribution in [0, 0.1) is 0 Å². The van der Waals surface area contributed by atoms with Crippen LogP contribution in [-0.4, -0.2) is 0 Å². The zero-order valence-corrected chi connectivity index (χ0v) is 17.1. The molecule has 0 heterocycles. The first-order valence-electron chi connectivity index (χ1n) is 10.1. The summed E-state index contributed by atoms with van der Waals surface area (Å²) in [6.07, 6.45) is 56.5. The Kier molecular flexibility index (Phi) is 17.1. The van der Waals surface area contributed by atoms with E-state index in [4.69, 9.17) is 0 Å². The smallest absolute Gasteiger partial charge is 0.0345 e. The molecule has 0 nitrogen and oxygen atoms in total. The summed E-state index contributed by atoms with van der Waals surface area (Å²) in [5.41, 5.74) is 0. The molecule has 0 atom stereocenters. The van der Waals surface area contributed by atoms with Gasteiger partial charge in [-0.3, -0.25) is 0 Å². The second kappa shape index (κ2) is 20.9. The van der Waals surface area contributed by atoms with Gasteiger partial charge in [-0.2, -0.15) is 0 Å². The van der Waals surface area contributed by atoms with E-state index in [1.165, 1.54) is 6.42 Å². The first kappa shape index (κ1) is 23.7. The normalized spacial score (nSPS) is 30.1. The lowest BCUT2D eigenvalue weighted by molar-refractivity contribution is 0.868. The lowest BCUT2D eigenvalue weighted by Crippen LogP contribution is -1.68. The molecule has 1 aliphatic carbocycles. The molecule has 1 rings (SSSR count). The van der Waals surface area contributed by atoms with E-state index in [2.05, 4.69) is 36.5 Å². The van der Waals surface area contributed by atoms with E-state index in [-0.39, 0.29) is 0 Å². The highest BCUT2D eigenvalue weighted by Crippen LogP contribution is 1.98. The lowest BCUT2D eigenvalue weighted by atomic mass is 10.2. The fourth-order valence-corrected chi connectivity index (χ4v) is 2.11. The van der Waals surface area contributed by atoms with Crippen molar-refractivity contribution < 1.29 is 0 Å². The van der Waals surface area contributed by atoms with Gasteiger partial charge in [0.25, 0.3) is 0 Å². The molecular weight excluding hydrogens is 348 g/mol. The van der Waals surface area contributed by atoms with Crippen LogP contribution in [0.25, 0.3) is 0 Å². The van der Waals surface area contributed by atoms with E-state index >= 15 is 0 Å². The molecule has 0 aromatic heterocycles. The second-order valence-electron chi connectivity index (χ2n) is 6.02. The average molecular weight is 381 g/mol. The van der Waals surface area contributed by atoms with Crippen molar-refractivity contribution in [2.75, 3.05) is 0 Å². The van der Waals surface area contributed by atoms with Crippen molar-refractivity contribution in [1.82, 2.24) is 0 Å². The maximum Gasteiger partial charge on any atom is -0.0345 e. The summed E-state index contributed by atoms with van der Waals surface area (Å²) in [6, 6.07) is 0. The second-order valence-corrected chi connectivity index (χ2v) is 6.02. The van der Waals surface area contributed by atoms with Gasteiger partial charge < -0.3 is 0 Å². The molecule has 1 aliphatic rings. The maximum absolute atomic E-state index is 2.21. The standard InChI is InChI=1S/C29H32/c1-2-4-6-8-10-12-14-16-18-20-22-24-26-28-29-27-25-23-21-19-17-15-13-11-9-7-5-3-1/h1-26H,27-29H2/b2-1+,5-3+,6-4+,9-7-,10-8+,13-11+,14-12+,17-15-,18-16-,21-19-,22-20+,25-23?,26-24+. The number of hydrogen-bond acceptors (Lipinski definition) is 0. The van der Waals surface area contributed by atoms with E-state index < -0.39 is 0 Å². The van der Waals surface area contributed by atoms with E-state index in [0.29, 0.717) is 0 Å². The molecule has 0 aliphatic heterocycles. The molecule has 0 amide bonds. The SMILES string of the molecule is C1=CCCC/C=C/C=C/C=C\C=C\C=C\C=C\C=C\C=C\C=C/C=C/C=C\C=C/1. The summed E-state index contributed by atoms with van der Waals surface area (Å²) in [6.45, 7) is 0. The number of rotatable bonds is 0. The van der Waals surface area contributed by atoms with Crippen LogP contribution in [0.5, 0.6) is 0 Å².